The first-order chi connectivity index (χ1) is 8.56. The summed E-state index contributed by atoms with van der Waals surface area (Å²) < 4.78 is 0. The quantitative estimate of drug-likeness (QED) is 0.815. The van der Waals surface area contributed by atoms with Gasteiger partial charge in [0, 0.05) is 12.1 Å². The van der Waals surface area contributed by atoms with Crippen molar-refractivity contribution >= 4 is 17.8 Å². The fraction of sp³-hybridized carbons (Fsp3) is 0.308. The van der Waals surface area contributed by atoms with E-state index in [0.29, 0.717) is 11.1 Å². The summed E-state index contributed by atoms with van der Waals surface area (Å²) in [5.41, 5.74) is 0.935. The summed E-state index contributed by atoms with van der Waals surface area (Å²) in [4.78, 5) is 36.1. The van der Waals surface area contributed by atoms with E-state index in [0.717, 1.165) is 4.90 Å². The highest BCUT2D eigenvalue weighted by atomic mass is 16.4. The topological polar surface area (TPSA) is 74.7 Å². The molecule has 2 amide bonds. The van der Waals surface area contributed by atoms with E-state index in [1.807, 2.05) is 0 Å². The van der Waals surface area contributed by atoms with Crippen LogP contribution in [-0.4, -0.2) is 34.3 Å². The third-order valence-corrected chi connectivity index (χ3v) is 3.07. The minimum Gasteiger partial charge on any atom is -0.481 e. The lowest BCUT2D eigenvalue weighted by Gasteiger charge is -2.31. The summed E-state index contributed by atoms with van der Waals surface area (Å²) in [7, 11) is 0. The molecule has 1 aliphatic heterocycles. The smallest absolute Gasteiger partial charge is 0.304 e. The molecule has 0 fully saturated rings. The molecular formula is C13H13NO4. The van der Waals surface area contributed by atoms with Crippen LogP contribution < -0.4 is 0 Å². The van der Waals surface area contributed by atoms with E-state index < -0.39 is 17.8 Å². The number of benzene rings is 1. The summed E-state index contributed by atoms with van der Waals surface area (Å²) in [5.74, 6) is -2.59. The van der Waals surface area contributed by atoms with Gasteiger partial charge in [0.1, 0.15) is 0 Å². The van der Waals surface area contributed by atoms with Gasteiger partial charge in [-0.3, -0.25) is 19.3 Å². The Morgan fingerprint density at radius 2 is 2.00 bits per heavy atom. The first-order valence-corrected chi connectivity index (χ1v) is 5.72. The van der Waals surface area contributed by atoms with Crippen LogP contribution in [0, 0.1) is 0 Å². The molecule has 0 spiro atoms. The fourth-order valence-electron chi connectivity index (χ4n) is 2.23. The second-order valence-electron chi connectivity index (χ2n) is 4.13. The summed E-state index contributed by atoms with van der Waals surface area (Å²) in [6.45, 7) is 1.95. The predicted molar refractivity (Wildman–Crippen MR) is 63.2 cm³/mol. The number of likely N-dealkylation sites (N-methyl/N-ethyl adjacent to an activating group) is 1. The average molecular weight is 247 g/mol. The molecule has 1 aromatic rings. The number of carboxylic acid groups (broad SMARTS) is 1. The molecule has 1 heterocycles. The molecule has 2 rings (SSSR count). The molecule has 0 bridgehead atoms. The van der Waals surface area contributed by atoms with Gasteiger partial charge >= 0.3 is 5.97 Å². The van der Waals surface area contributed by atoms with Crippen LogP contribution in [0.4, 0.5) is 0 Å². The number of fused-ring (bicyclic) bond motifs is 1. The fourth-order valence-corrected chi connectivity index (χ4v) is 2.23. The third kappa shape index (κ3) is 1.88. The van der Waals surface area contributed by atoms with E-state index in [9.17, 15) is 14.4 Å². The number of amides is 2. The number of hydrogen-bond acceptors (Lipinski definition) is 3. The molecule has 5 heteroatoms. The van der Waals surface area contributed by atoms with Crippen LogP contribution in [0.2, 0.25) is 0 Å². The summed E-state index contributed by atoms with van der Waals surface area (Å²) in [6.07, 6.45) is -0.292. The van der Waals surface area contributed by atoms with Crippen LogP contribution >= 0.6 is 0 Å². The molecule has 0 saturated carbocycles. The molecular weight excluding hydrogens is 234 g/mol. The van der Waals surface area contributed by atoms with Gasteiger partial charge in [0.2, 0.25) is 5.91 Å². The lowest BCUT2D eigenvalue weighted by atomic mass is 9.86. The first-order valence-electron chi connectivity index (χ1n) is 5.72. The van der Waals surface area contributed by atoms with E-state index in [2.05, 4.69) is 0 Å². The van der Waals surface area contributed by atoms with Crippen molar-refractivity contribution in [1.29, 1.82) is 0 Å². The van der Waals surface area contributed by atoms with Gasteiger partial charge in [0.25, 0.3) is 5.91 Å². The zero-order valence-corrected chi connectivity index (χ0v) is 9.92. The van der Waals surface area contributed by atoms with Crippen LogP contribution in [0.1, 0.15) is 35.2 Å². The minimum absolute atomic E-state index is 0.252. The van der Waals surface area contributed by atoms with E-state index in [4.69, 9.17) is 5.11 Å². The monoisotopic (exact) mass is 247 g/mol. The highest BCUT2D eigenvalue weighted by molar-refractivity contribution is 6.12. The van der Waals surface area contributed by atoms with Gasteiger partial charge in [-0.1, -0.05) is 18.2 Å². The Bertz CT molecular complexity index is 523. The molecule has 1 aliphatic rings. The lowest BCUT2D eigenvalue weighted by molar-refractivity contribution is -0.141. The molecule has 1 unspecified atom stereocenters. The molecule has 1 aromatic carbocycles. The Balaban J connectivity index is 2.52. The Morgan fingerprint density at radius 1 is 1.33 bits per heavy atom. The Hall–Kier alpha value is -2.17. The van der Waals surface area contributed by atoms with Crippen LogP contribution in [0.15, 0.2) is 24.3 Å². The summed E-state index contributed by atoms with van der Waals surface area (Å²) in [6, 6.07) is 6.68. The molecule has 0 saturated heterocycles. The zero-order chi connectivity index (χ0) is 13.3. The summed E-state index contributed by atoms with van der Waals surface area (Å²) >= 11 is 0. The van der Waals surface area contributed by atoms with Gasteiger partial charge in [-0.15, -0.1) is 0 Å². The molecule has 94 valence electrons. The number of nitrogens with zero attached hydrogens (tertiary/aromatic N) is 1. The number of imide groups is 1. The SMILES string of the molecule is CCN1C(=O)c2ccccc2C(CC(=O)O)C1=O. The third-order valence-electron chi connectivity index (χ3n) is 3.07. The number of hydrogen-bond donors (Lipinski definition) is 1. The number of carbonyl (C=O) groups excluding carboxylic acids is 2. The minimum atomic E-state index is -1.05. The molecule has 1 N–H and O–H groups in total. The lowest BCUT2D eigenvalue weighted by Crippen LogP contribution is -2.45. The van der Waals surface area contributed by atoms with Crippen molar-refractivity contribution in [3.05, 3.63) is 35.4 Å². The van der Waals surface area contributed by atoms with Crippen molar-refractivity contribution < 1.29 is 19.5 Å². The number of carboxylic acids is 1. The van der Waals surface area contributed by atoms with E-state index >= 15 is 0 Å². The van der Waals surface area contributed by atoms with Gasteiger partial charge in [0.05, 0.1) is 12.3 Å². The average Bonchev–Trinajstić information content (AvgIpc) is 2.35. The van der Waals surface area contributed by atoms with Gasteiger partial charge in [0.15, 0.2) is 0 Å². The van der Waals surface area contributed by atoms with E-state index in [1.54, 1.807) is 31.2 Å². The molecule has 0 aliphatic carbocycles. The van der Waals surface area contributed by atoms with Crippen LogP contribution in [-0.2, 0) is 9.59 Å². The first kappa shape index (κ1) is 12.3. The standard InChI is InChI=1S/C13H13NO4/c1-2-14-12(17)9-6-4-3-5-8(9)10(13(14)18)7-11(15)16/h3-6,10H,2,7H2,1H3,(H,15,16). The maximum absolute atomic E-state index is 12.1. The van der Waals surface area contributed by atoms with Crippen LogP contribution in [0.3, 0.4) is 0 Å². The largest absolute Gasteiger partial charge is 0.481 e. The van der Waals surface area contributed by atoms with Crippen molar-refractivity contribution in [2.75, 3.05) is 6.54 Å². The molecule has 1 atom stereocenters. The van der Waals surface area contributed by atoms with Crippen LogP contribution in [0.25, 0.3) is 0 Å². The number of rotatable bonds is 3. The van der Waals surface area contributed by atoms with Crippen molar-refractivity contribution in [2.45, 2.75) is 19.3 Å². The van der Waals surface area contributed by atoms with Gasteiger partial charge in [-0.25, -0.2) is 0 Å². The van der Waals surface area contributed by atoms with E-state index in [-0.39, 0.29) is 18.9 Å². The maximum Gasteiger partial charge on any atom is 0.304 e. The van der Waals surface area contributed by atoms with Crippen molar-refractivity contribution in [2.24, 2.45) is 0 Å². The van der Waals surface area contributed by atoms with Gasteiger partial charge < -0.3 is 5.11 Å². The second-order valence-corrected chi connectivity index (χ2v) is 4.13. The second kappa shape index (κ2) is 4.60. The Morgan fingerprint density at radius 3 is 2.61 bits per heavy atom. The van der Waals surface area contributed by atoms with Crippen molar-refractivity contribution in [3.63, 3.8) is 0 Å². The molecule has 18 heavy (non-hydrogen) atoms. The van der Waals surface area contributed by atoms with Crippen molar-refractivity contribution in [1.82, 2.24) is 4.90 Å². The Kier molecular flexibility index (Phi) is 3.14. The highest BCUT2D eigenvalue weighted by Gasteiger charge is 2.38. The molecule has 5 nitrogen and oxygen atoms in total. The molecule has 0 aromatic heterocycles. The Labute approximate surface area is 104 Å². The van der Waals surface area contributed by atoms with Gasteiger partial charge in [-0.2, -0.15) is 0 Å². The predicted octanol–water partition coefficient (Wildman–Crippen LogP) is 1.25. The zero-order valence-electron chi connectivity index (χ0n) is 9.92. The van der Waals surface area contributed by atoms with E-state index in [1.165, 1.54) is 0 Å². The number of carbonyl (C=O) groups is 3. The molecule has 0 radical (unpaired) electrons. The maximum atomic E-state index is 12.1. The highest BCUT2D eigenvalue weighted by Crippen LogP contribution is 2.31. The summed E-state index contributed by atoms with van der Waals surface area (Å²) in [5, 5.41) is 8.88. The van der Waals surface area contributed by atoms with Gasteiger partial charge in [-0.05, 0) is 18.6 Å². The van der Waals surface area contributed by atoms with Crippen LogP contribution in [0.5, 0.6) is 0 Å². The number of aliphatic carboxylic acids is 1. The normalized spacial score (nSPS) is 18.7. The van der Waals surface area contributed by atoms with Crippen molar-refractivity contribution in [3.8, 4) is 0 Å².